The van der Waals surface area contributed by atoms with Crippen molar-refractivity contribution in [1.29, 1.82) is 0 Å². The second-order valence-electron chi connectivity index (χ2n) is 5.16. The molecule has 3 nitrogen and oxygen atoms in total. The number of nitrogens with zero attached hydrogens (tertiary/aromatic N) is 1. The summed E-state index contributed by atoms with van der Waals surface area (Å²) in [6, 6.07) is 5.23. The fraction of sp³-hybridized carbons (Fsp3) is 0.533. The number of aryl methyl sites for hydroxylation is 1. The number of aromatic hydroxyl groups is 1. The Kier molecular flexibility index (Phi) is 3.90. The summed E-state index contributed by atoms with van der Waals surface area (Å²) < 4.78 is 0. The van der Waals surface area contributed by atoms with Crippen molar-refractivity contribution < 1.29 is 9.90 Å². The molecular formula is C15H21NO2. The van der Waals surface area contributed by atoms with E-state index >= 15 is 0 Å². The van der Waals surface area contributed by atoms with E-state index < -0.39 is 0 Å². The number of carbonyl (C=O) groups excluding carboxylic acids is 1. The molecule has 1 aliphatic carbocycles. The summed E-state index contributed by atoms with van der Waals surface area (Å²) in [5, 5.41) is 9.86. The quantitative estimate of drug-likeness (QED) is 0.888. The molecule has 0 unspecified atom stereocenters. The molecule has 1 aromatic rings. The summed E-state index contributed by atoms with van der Waals surface area (Å²) in [5.41, 5.74) is 1.38. The Balaban J connectivity index is 2.11. The van der Waals surface area contributed by atoms with Crippen LogP contribution in [0, 0.1) is 12.8 Å². The van der Waals surface area contributed by atoms with Gasteiger partial charge >= 0.3 is 0 Å². The highest BCUT2D eigenvalue weighted by Gasteiger charge is 2.24. The summed E-state index contributed by atoms with van der Waals surface area (Å²) in [6.07, 6.45) is 3.74. The van der Waals surface area contributed by atoms with Gasteiger partial charge in [0.15, 0.2) is 0 Å². The van der Waals surface area contributed by atoms with Gasteiger partial charge in [-0.25, -0.2) is 0 Å². The second-order valence-corrected chi connectivity index (χ2v) is 5.16. The Morgan fingerprint density at radius 2 is 2.17 bits per heavy atom. The van der Waals surface area contributed by atoms with Crippen LogP contribution in [0.25, 0.3) is 0 Å². The first-order chi connectivity index (χ1) is 8.61. The third kappa shape index (κ3) is 2.66. The Labute approximate surface area is 108 Å². The Morgan fingerprint density at radius 1 is 1.44 bits per heavy atom. The number of benzene rings is 1. The van der Waals surface area contributed by atoms with Gasteiger partial charge < -0.3 is 10.0 Å². The van der Waals surface area contributed by atoms with Crippen LogP contribution in [0.2, 0.25) is 0 Å². The lowest BCUT2D eigenvalue weighted by molar-refractivity contribution is 0.0703. The van der Waals surface area contributed by atoms with Crippen LogP contribution in [0.5, 0.6) is 5.75 Å². The third-order valence-electron chi connectivity index (χ3n) is 3.76. The first-order valence-corrected chi connectivity index (χ1v) is 6.70. The van der Waals surface area contributed by atoms with Gasteiger partial charge in [-0.2, -0.15) is 0 Å². The van der Waals surface area contributed by atoms with Gasteiger partial charge in [-0.3, -0.25) is 4.79 Å². The lowest BCUT2D eigenvalue weighted by Crippen LogP contribution is -2.37. The van der Waals surface area contributed by atoms with Gasteiger partial charge in [0.1, 0.15) is 5.75 Å². The molecule has 0 atom stereocenters. The molecule has 98 valence electrons. The molecule has 0 aromatic heterocycles. The van der Waals surface area contributed by atoms with Gasteiger partial charge in [0, 0.05) is 13.1 Å². The molecule has 1 aliphatic rings. The molecule has 0 bridgehead atoms. The monoisotopic (exact) mass is 247 g/mol. The minimum atomic E-state index is -0.0538. The van der Waals surface area contributed by atoms with Crippen LogP contribution in [0.3, 0.4) is 0 Å². The SMILES string of the molecule is CCN(CC1CCC1)C(=O)c1ccc(C)cc1O. The number of phenolic OH excluding ortho intramolecular Hbond substituents is 1. The molecule has 2 rings (SSSR count). The van der Waals surface area contributed by atoms with Crippen LogP contribution in [-0.2, 0) is 0 Å². The maximum Gasteiger partial charge on any atom is 0.257 e. The molecule has 1 amide bonds. The van der Waals surface area contributed by atoms with Crippen LogP contribution in [0.1, 0.15) is 42.1 Å². The minimum absolute atomic E-state index is 0.0538. The highest BCUT2D eigenvalue weighted by molar-refractivity contribution is 5.96. The van der Waals surface area contributed by atoms with Crippen LogP contribution >= 0.6 is 0 Å². The van der Waals surface area contributed by atoms with Crippen LogP contribution in [0.4, 0.5) is 0 Å². The number of hydrogen-bond acceptors (Lipinski definition) is 2. The molecule has 18 heavy (non-hydrogen) atoms. The van der Waals surface area contributed by atoms with Gasteiger partial charge in [0.25, 0.3) is 5.91 Å². The van der Waals surface area contributed by atoms with Crippen molar-refractivity contribution >= 4 is 5.91 Å². The van der Waals surface area contributed by atoms with Crippen LogP contribution in [0.15, 0.2) is 18.2 Å². The molecule has 0 aliphatic heterocycles. The summed E-state index contributed by atoms with van der Waals surface area (Å²) in [5.74, 6) is 0.690. The molecule has 0 saturated heterocycles. The van der Waals surface area contributed by atoms with E-state index in [1.807, 2.05) is 24.8 Å². The average molecular weight is 247 g/mol. The maximum absolute atomic E-state index is 12.3. The molecule has 0 radical (unpaired) electrons. The predicted octanol–water partition coefficient (Wildman–Crippen LogP) is 2.96. The van der Waals surface area contributed by atoms with Crippen molar-refractivity contribution in [3.8, 4) is 5.75 Å². The number of rotatable bonds is 4. The summed E-state index contributed by atoms with van der Waals surface area (Å²) in [7, 11) is 0. The Morgan fingerprint density at radius 3 is 2.67 bits per heavy atom. The first kappa shape index (κ1) is 12.9. The smallest absolute Gasteiger partial charge is 0.257 e. The van der Waals surface area contributed by atoms with E-state index in [0.29, 0.717) is 18.0 Å². The van der Waals surface area contributed by atoms with Crippen molar-refractivity contribution in [2.45, 2.75) is 33.1 Å². The molecule has 1 fully saturated rings. The topological polar surface area (TPSA) is 40.5 Å². The highest BCUT2D eigenvalue weighted by Crippen LogP contribution is 2.28. The predicted molar refractivity (Wildman–Crippen MR) is 71.8 cm³/mol. The van der Waals surface area contributed by atoms with E-state index in [2.05, 4.69) is 0 Å². The summed E-state index contributed by atoms with van der Waals surface area (Å²) >= 11 is 0. The van der Waals surface area contributed by atoms with E-state index in [9.17, 15) is 9.90 Å². The van der Waals surface area contributed by atoms with E-state index in [0.717, 1.165) is 12.1 Å². The maximum atomic E-state index is 12.3. The zero-order valence-corrected chi connectivity index (χ0v) is 11.1. The standard InChI is InChI=1S/C15H21NO2/c1-3-16(10-12-5-4-6-12)15(18)13-8-7-11(2)9-14(13)17/h7-9,12,17H,3-6,10H2,1-2H3. The fourth-order valence-electron chi connectivity index (χ4n) is 2.34. The lowest BCUT2D eigenvalue weighted by Gasteiger charge is -2.32. The number of carbonyl (C=O) groups is 1. The van der Waals surface area contributed by atoms with Gasteiger partial charge in [-0.05, 0) is 50.3 Å². The molecule has 1 N–H and O–H groups in total. The van der Waals surface area contributed by atoms with E-state index in [-0.39, 0.29) is 11.7 Å². The molecule has 0 heterocycles. The minimum Gasteiger partial charge on any atom is -0.507 e. The highest BCUT2D eigenvalue weighted by atomic mass is 16.3. The number of hydrogen-bond donors (Lipinski definition) is 1. The molecule has 0 spiro atoms. The Hall–Kier alpha value is -1.51. The van der Waals surface area contributed by atoms with E-state index in [1.54, 1.807) is 12.1 Å². The van der Waals surface area contributed by atoms with Crippen molar-refractivity contribution in [2.75, 3.05) is 13.1 Å². The molecule has 1 aromatic carbocycles. The fourth-order valence-corrected chi connectivity index (χ4v) is 2.34. The summed E-state index contributed by atoms with van der Waals surface area (Å²) in [6.45, 7) is 5.41. The largest absolute Gasteiger partial charge is 0.507 e. The van der Waals surface area contributed by atoms with Crippen molar-refractivity contribution in [2.24, 2.45) is 5.92 Å². The van der Waals surface area contributed by atoms with Gasteiger partial charge in [-0.15, -0.1) is 0 Å². The normalized spacial score (nSPS) is 15.2. The summed E-state index contributed by atoms with van der Waals surface area (Å²) in [4.78, 5) is 14.2. The lowest BCUT2D eigenvalue weighted by atomic mass is 9.85. The number of phenols is 1. The first-order valence-electron chi connectivity index (χ1n) is 6.70. The van der Waals surface area contributed by atoms with E-state index in [4.69, 9.17) is 0 Å². The zero-order valence-electron chi connectivity index (χ0n) is 11.1. The average Bonchev–Trinajstić information content (AvgIpc) is 2.27. The molecule has 1 saturated carbocycles. The van der Waals surface area contributed by atoms with Crippen LogP contribution in [-0.4, -0.2) is 29.0 Å². The van der Waals surface area contributed by atoms with Gasteiger partial charge in [0.05, 0.1) is 5.56 Å². The zero-order chi connectivity index (χ0) is 13.1. The van der Waals surface area contributed by atoms with Crippen molar-refractivity contribution in [3.63, 3.8) is 0 Å². The van der Waals surface area contributed by atoms with Crippen LogP contribution < -0.4 is 0 Å². The third-order valence-corrected chi connectivity index (χ3v) is 3.76. The molecular weight excluding hydrogens is 226 g/mol. The molecule has 3 heteroatoms. The van der Waals surface area contributed by atoms with E-state index in [1.165, 1.54) is 19.3 Å². The van der Waals surface area contributed by atoms with Gasteiger partial charge in [0.2, 0.25) is 0 Å². The van der Waals surface area contributed by atoms with Crippen molar-refractivity contribution in [3.05, 3.63) is 29.3 Å². The van der Waals surface area contributed by atoms with Gasteiger partial charge in [-0.1, -0.05) is 12.5 Å². The second kappa shape index (κ2) is 5.42. The number of amides is 1. The Bertz CT molecular complexity index is 438. The van der Waals surface area contributed by atoms with Crippen molar-refractivity contribution in [1.82, 2.24) is 4.90 Å².